The summed E-state index contributed by atoms with van der Waals surface area (Å²) in [5, 5.41) is 17.9. The number of hydrogen-bond acceptors (Lipinski definition) is 3. The van der Waals surface area contributed by atoms with Gasteiger partial charge in [0.2, 0.25) is 0 Å². The van der Waals surface area contributed by atoms with Crippen molar-refractivity contribution in [3.8, 4) is 12.1 Å². The molecular formula is C16H12N2O. The van der Waals surface area contributed by atoms with Gasteiger partial charge < -0.3 is 4.74 Å². The van der Waals surface area contributed by atoms with Crippen molar-refractivity contribution in [1.82, 2.24) is 0 Å². The van der Waals surface area contributed by atoms with Crippen molar-refractivity contribution in [2.45, 2.75) is 12.5 Å². The van der Waals surface area contributed by atoms with Gasteiger partial charge in [-0.2, -0.15) is 10.5 Å². The first-order valence-electron chi connectivity index (χ1n) is 5.92. The second-order valence-corrected chi connectivity index (χ2v) is 4.03. The maximum Gasteiger partial charge on any atom is 0.140 e. The summed E-state index contributed by atoms with van der Waals surface area (Å²) in [6.45, 7) is 0. The second-order valence-electron chi connectivity index (χ2n) is 4.03. The predicted octanol–water partition coefficient (Wildman–Crippen LogP) is 3.35. The van der Waals surface area contributed by atoms with Gasteiger partial charge in [0.15, 0.2) is 0 Å². The van der Waals surface area contributed by atoms with Crippen LogP contribution in [0.15, 0.2) is 59.9 Å². The highest BCUT2D eigenvalue weighted by Gasteiger charge is 2.18. The van der Waals surface area contributed by atoms with Crippen LogP contribution in [0.5, 0.6) is 0 Å². The maximum atomic E-state index is 8.95. The molecule has 0 radical (unpaired) electrons. The number of ether oxygens (including phenoxy) is 1. The molecule has 2 rings (SSSR count). The first-order chi connectivity index (χ1) is 9.35. The Bertz CT molecular complexity index is 596. The highest BCUT2D eigenvalue weighted by atomic mass is 16.5. The van der Waals surface area contributed by atoms with Crippen molar-refractivity contribution in [1.29, 1.82) is 10.5 Å². The summed E-state index contributed by atoms with van der Waals surface area (Å²) < 4.78 is 5.47. The third kappa shape index (κ3) is 3.12. The van der Waals surface area contributed by atoms with Crippen LogP contribution in [0.25, 0.3) is 6.08 Å². The predicted molar refractivity (Wildman–Crippen MR) is 72.4 cm³/mol. The van der Waals surface area contributed by atoms with Gasteiger partial charge in [0.05, 0.1) is 6.26 Å². The summed E-state index contributed by atoms with van der Waals surface area (Å²) >= 11 is 0. The molecule has 1 aromatic rings. The van der Waals surface area contributed by atoms with Crippen LogP contribution in [0.4, 0.5) is 0 Å². The van der Waals surface area contributed by atoms with Crippen LogP contribution < -0.4 is 0 Å². The summed E-state index contributed by atoms with van der Waals surface area (Å²) in [7, 11) is 0. The van der Waals surface area contributed by atoms with Gasteiger partial charge in [-0.3, -0.25) is 0 Å². The highest BCUT2D eigenvalue weighted by molar-refractivity contribution is 5.52. The van der Waals surface area contributed by atoms with Crippen molar-refractivity contribution < 1.29 is 4.74 Å². The standard InChI is InChI=1S/C16H12N2O/c17-11-14(12-18)15-7-4-10-19-16(15)9-8-13-5-2-1-3-6-13/h1-6,8-10,16H,7H2. The number of nitriles is 2. The zero-order chi connectivity index (χ0) is 13.5. The molecule has 1 unspecified atom stereocenters. The smallest absolute Gasteiger partial charge is 0.140 e. The van der Waals surface area contributed by atoms with Crippen molar-refractivity contribution in [2.24, 2.45) is 0 Å². The van der Waals surface area contributed by atoms with Gasteiger partial charge in [0.25, 0.3) is 0 Å². The van der Waals surface area contributed by atoms with E-state index in [9.17, 15) is 0 Å². The van der Waals surface area contributed by atoms with Crippen LogP contribution >= 0.6 is 0 Å². The molecule has 1 heterocycles. The van der Waals surface area contributed by atoms with Crippen molar-refractivity contribution in [3.63, 3.8) is 0 Å². The Balaban J connectivity index is 2.26. The minimum absolute atomic E-state index is 0.132. The molecule has 0 saturated carbocycles. The van der Waals surface area contributed by atoms with Crippen LogP contribution in [0.3, 0.4) is 0 Å². The number of hydrogen-bond donors (Lipinski definition) is 0. The van der Waals surface area contributed by atoms with E-state index >= 15 is 0 Å². The molecule has 0 aromatic heterocycles. The van der Waals surface area contributed by atoms with E-state index in [1.165, 1.54) is 0 Å². The molecular weight excluding hydrogens is 236 g/mol. The molecule has 19 heavy (non-hydrogen) atoms. The van der Waals surface area contributed by atoms with Gasteiger partial charge in [-0.1, -0.05) is 36.4 Å². The van der Waals surface area contributed by atoms with Crippen molar-refractivity contribution in [2.75, 3.05) is 0 Å². The van der Waals surface area contributed by atoms with Gasteiger partial charge in [-0.15, -0.1) is 0 Å². The van der Waals surface area contributed by atoms with E-state index in [1.54, 1.807) is 12.3 Å². The molecule has 0 aliphatic carbocycles. The van der Waals surface area contributed by atoms with E-state index in [2.05, 4.69) is 0 Å². The minimum atomic E-state index is -0.348. The van der Waals surface area contributed by atoms with Crippen LogP contribution in [0.2, 0.25) is 0 Å². The lowest BCUT2D eigenvalue weighted by atomic mass is 9.98. The average molecular weight is 248 g/mol. The Labute approximate surface area is 112 Å². The number of benzene rings is 1. The molecule has 92 valence electrons. The molecule has 1 aromatic carbocycles. The zero-order valence-electron chi connectivity index (χ0n) is 10.3. The Morgan fingerprint density at radius 1 is 1.21 bits per heavy atom. The second kappa shape index (κ2) is 6.23. The number of nitrogens with zero attached hydrogens (tertiary/aromatic N) is 2. The molecule has 0 bridgehead atoms. The average Bonchev–Trinajstić information content (AvgIpc) is 2.48. The lowest BCUT2D eigenvalue weighted by Crippen LogP contribution is -2.14. The fourth-order valence-electron chi connectivity index (χ4n) is 1.85. The maximum absolute atomic E-state index is 8.95. The SMILES string of the molecule is N#CC(C#N)=C1CC=COC1C=Cc1ccccc1. The van der Waals surface area contributed by atoms with Gasteiger partial charge in [-0.05, 0) is 24.1 Å². The Morgan fingerprint density at radius 2 is 1.95 bits per heavy atom. The van der Waals surface area contributed by atoms with E-state index in [0.29, 0.717) is 12.0 Å². The molecule has 1 aliphatic heterocycles. The summed E-state index contributed by atoms with van der Waals surface area (Å²) in [4.78, 5) is 0. The fraction of sp³-hybridized carbons (Fsp3) is 0.125. The first-order valence-corrected chi connectivity index (χ1v) is 5.92. The third-order valence-electron chi connectivity index (χ3n) is 2.81. The molecule has 0 saturated heterocycles. The van der Waals surface area contributed by atoms with Crippen LogP contribution in [0.1, 0.15) is 12.0 Å². The molecule has 1 atom stereocenters. The van der Waals surface area contributed by atoms with Gasteiger partial charge >= 0.3 is 0 Å². The van der Waals surface area contributed by atoms with Crippen molar-refractivity contribution >= 4 is 6.08 Å². The quantitative estimate of drug-likeness (QED) is 0.754. The highest BCUT2D eigenvalue weighted by Crippen LogP contribution is 2.23. The van der Waals surface area contributed by atoms with E-state index < -0.39 is 0 Å². The summed E-state index contributed by atoms with van der Waals surface area (Å²) in [5.74, 6) is 0. The van der Waals surface area contributed by atoms with Gasteiger partial charge in [-0.25, -0.2) is 0 Å². The monoisotopic (exact) mass is 248 g/mol. The van der Waals surface area contributed by atoms with Crippen LogP contribution in [-0.2, 0) is 4.74 Å². The van der Waals surface area contributed by atoms with E-state index in [0.717, 1.165) is 5.56 Å². The molecule has 0 N–H and O–H groups in total. The number of rotatable bonds is 2. The van der Waals surface area contributed by atoms with E-state index in [4.69, 9.17) is 15.3 Å². The van der Waals surface area contributed by atoms with Gasteiger partial charge in [0.1, 0.15) is 23.8 Å². The third-order valence-corrected chi connectivity index (χ3v) is 2.81. The fourth-order valence-corrected chi connectivity index (χ4v) is 1.85. The normalized spacial score (nSPS) is 17.6. The number of allylic oxidation sites excluding steroid dienone is 2. The topological polar surface area (TPSA) is 56.8 Å². The molecule has 3 nitrogen and oxygen atoms in total. The van der Waals surface area contributed by atoms with E-state index in [-0.39, 0.29) is 11.7 Å². The first kappa shape index (κ1) is 12.7. The summed E-state index contributed by atoms with van der Waals surface area (Å²) in [5.41, 5.74) is 1.89. The Kier molecular flexibility index (Phi) is 4.16. The molecule has 3 heteroatoms. The van der Waals surface area contributed by atoms with Crippen molar-refractivity contribution in [3.05, 3.63) is 65.5 Å². The zero-order valence-corrected chi connectivity index (χ0v) is 10.3. The molecule has 0 spiro atoms. The molecule has 1 aliphatic rings. The Morgan fingerprint density at radius 3 is 2.63 bits per heavy atom. The molecule has 0 fully saturated rings. The summed E-state index contributed by atoms with van der Waals surface area (Å²) in [6, 6.07) is 13.7. The largest absolute Gasteiger partial charge is 0.490 e. The minimum Gasteiger partial charge on any atom is -0.490 e. The Hall–Kier alpha value is -2.78. The lowest BCUT2D eigenvalue weighted by Gasteiger charge is -2.19. The summed E-state index contributed by atoms with van der Waals surface area (Å²) in [6.07, 6.45) is 7.42. The van der Waals surface area contributed by atoms with E-state index in [1.807, 2.05) is 54.6 Å². The van der Waals surface area contributed by atoms with Crippen LogP contribution in [-0.4, -0.2) is 6.10 Å². The lowest BCUT2D eigenvalue weighted by molar-refractivity contribution is 0.205. The van der Waals surface area contributed by atoms with Gasteiger partial charge in [0, 0.05) is 5.57 Å². The molecule has 0 amide bonds. The van der Waals surface area contributed by atoms with Crippen LogP contribution in [0, 0.1) is 22.7 Å².